The van der Waals surface area contributed by atoms with Crippen molar-refractivity contribution < 1.29 is 17.9 Å². The molecule has 1 aliphatic rings. The van der Waals surface area contributed by atoms with Crippen LogP contribution in [0.15, 0.2) is 24.3 Å². The Morgan fingerprint density at radius 2 is 1.92 bits per heavy atom. The Morgan fingerprint density at radius 1 is 1.24 bits per heavy atom. The highest BCUT2D eigenvalue weighted by atomic mass is 35.5. The van der Waals surface area contributed by atoms with Gasteiger partial charge in [-0.25, -0.2) is 8.42 Å². The van der Waals surface area contributed by atoms with Crippen LogP contribution in [0.5, 0.6) is 0 Å². The fourth-order valence-corrected chi connectivity index (χ4v) is 4.20. The van der Waals surface area contributed by atoms with Crippen molar-refractivity contribution in [1.82, 2.24) is 9.62 Å². The van der Waals surface area contributed by atoms with Crippen LogP contribution >= 0.6 is 11.6 Å². The van der Waals surface area contributed by atoms with E-state index in [2.05, 4.69) is 10.2 Å². The van der Waals surface area contributed by atoms with Crippen LogP contribution in [0, 0.1) is 0 Å². The maximum absolute atomic E-state index is 12.4. The van der Waals surface area contributed by atoms with Crippen molar-refractivity contribution in [2.24, 2.45) is 0 Å². The Hall–Kier alpha value is -1.35. The number of amides is 1. The number of ether oxygens (including phenoxy) is 1. The van der Waals surface area contributed by atoms with E-state index in [1.54, 1.807) is 6.92 Å². The van der Waals surface area contributed by atoms with Gasteiger partial charge in [0.2, 0.25) is 15.9 Å². The Morgan fingerprint density at radius 3 is 2.56 bits per heavy atom. The first kappa shape index (κ1) is 20.0. The molecule has 25 heavy (non-hydrogen) atoms. The molecule has 0 saturated carbocycles. The molecule has 0 bridgehead atoms. The molecule has 0 spiro atoms. The Balaban J connectivity index is 1.81. The summed E-state index contributed by atoms with van der Waals surface area (Å²) in [4.78, 5) is 13.5. The molecule has 1 aromatic rings. The lowest BCUT2D eigenvalue weighted by Crippen LogP contribution is -2.50. The van der Waals surface area contributed by atoms with Gasteiger partial charge in [-0.1, -0.05) is 23.7 Å². The number of sulfonamides is 1. The number of nitrogens with zero attached hydrogens (tertiary/aromatic N) is 2. The predicted octanol–water partition coefficient (Wildman–Crippen LogP) is 0.945. The molecule has 0 aliphatic carbocycles. The highest BCUT2D eigenvalue weighted by Gasteiger charge is 2.27. The summed E-state index contributed by atoms with van der Waals surface area (Å²) in [6.45, 7) is 4.24. The largest absolute Gasteiger partial charge is 0.372 e. The van der Waals surface area contributed by atoms with Crippen LogP contribution in [-0.4, -0.2) is 70.3 Å². The monoisotopic (exact) mass is 389 g/mol. The van der Waals surface area contributed by atoms with Gasteiger partial charge in [0.25, 0.3) is 0 Å². The molecule has 1 aromatic carbocycles. The fraction of sp³-hybridized carbons (Fsp3) is 0.562. The second-order valence-corrected chi connectivity index (χ2v) is 8.14. The van der Waals surface area contributed by atoms with E-state index in [4.69, 9.17) is 16.3 Å². The lowest BCUT2D eigenvalue weighted by molar-refractivity contribution is -0.125. The lowest BCUT2D eigenvalue weighted by atomic mass is 10.2. The number of hydrogen-bond acceptors (Lipinski definition) is 5. The summed E-state index contributed by atoms with van der Waals surface area (Å²) in [6.07, 6.45) is 0. The summed E-state index contributed by atoms with van der Waals surface area (Å²) >= 11 is 6.19. The van der Waals surface area contributed by atoms with E-state index in [0.29, 0.717) is 37.8 Å². The van der Waals surface area contributed by atoms with Crippen LogP contribution in [0.3, 0.4) is 0 Å². The number of carbonyl (C=O) groups is 1. The topological polar surface area (TPSA) is 78.9 Å². The molecule has 1 fully saturated rings. The number of piperazine rings is 1. The van der Waals surface area contributed by atoms with E-state index in [-0.39, 0.29) is 24.8 Å². The summed E-state index contributed by atoms with van der Waals surface area (Å²) in [5.41, 5.74) is 0.921. The summed E-state index contributed by atoms with van der Waals surface area (Å²) in [6, 6.07) is 7.53. The third-order valence-electron chi connectivity index (χ3n) is 3.94. The maximum Gasteiger partial charge on any atom is 0.246 e. The number of rotatable bonds is 8. The molecule has 1 amide bonds. The SMILES string of the molecule is CCOCC(=O)NCCS(=O)(=O)N1CCN(c2ccccc2Cl)CC1. The first-order valence-electron chi connectivity index (χ1n) is 8.26. The molecule has 0 unspecified atom stereocenters. The zero-order valence-electron chi connectivity index (χ0n) is 14.3. The average Bonchev–Trinajstić information content (AvgIpc) is 2.60. The van der Waals surface area contributed by atoms with Gasteiger partial charge >= 0.3 is 0 Å². The molecule has 0 aromatic heterocycles. The summed E-state index contributed by atoms with van der Waals surface area (Å²) in [5, 5.41) is 3.22. The minimum Gasteiger partial charge on any atom is -0.372 e. The van der Waals surface area contributed by atoms with Gasteiger partial charge in [-0.3, -0.25) is 4.79 Å². The van der Waals surface area contributed by atoms with Crippen LogP contribution in [0.2, 0.25) is 5.02 Å². The van der Waals surface area contributed by atoms with E-state index < -0.39 is 10.0 Å². The van der Waals surface area contributed by atoms with Crippen molar-refractivity contribution >= 4 is 33.2 Å². The van der Waals surface area contributed by atoms with Crippen LogP contribution in [0.1, 0.15) is 6.92 Å². The predicted molar refractivity (Wildman–Crippen MR) is 98.5 cm³/mol. The van der Waals surface area contributed by atoms with Gasteiger partial charge in [0.15, 0.2) is 0 Å². The van der Waals surface area contributed by atoms with E-state index in [1.807, 2.05) is 24.3 Å². The summed E-state index contributed by atoms with van der Waals surface area (Å²) in [5.74, 6) is -0.419. The van der Waals surface area contributed by atoms with Gasteiger partial charge in [-0.05, 0) is 19.1 Å². The first-order valence-corrected chi connectivity index (χ1v) is 10.2. The first-order chi connectivity index (χ1) is 11.9. The van der Waals surface area contributed by atoms with Crippen molar-refractivity contribution in [2.45, 2.75) is 6.92 Å². The molecule has 1 N–H and O–H groups in total. The van der Waals surface area contributed by atoms with Crippen molar-refractivity contribution in [3.63, 3.8) is 0 Å². The molecule has 1 heterocycles. The smallest absolute Gasteiger partial charge is 0.246 e. The zero-order chi connectivity index (χ0) is 18.3. The van der Waals surface area contributed by atoms with Crippen molar-refractivity contribution in [2.75, 3.05) is 56.6 Å². The second-order valence-electron chi connectivity index (χ2n) is 5.64. The van der Waals surface area contributed by atoms with Gasteiger partial charge in [-0.15, -0.1) is 0 Å². The van der Waals surface area contributed by atoms with Gasteiger partial charge in [0, 0.05) is 39.3 Å². The number of carbonyl (C=O) groups excluding carboxylic acids is 1. The van der Waals surface area contributed by atoms with Crippen molar-refractivity contribution in [3.05, 3.63) is 29.3 Å². The molecular formula is C16H24ClN3O4S. The highest BCUT2D eigenvalue weighted by molar-refractivity contribution is 7.89. The third kappa shape index (κ3) is 5.85. The van der Waals surface area contributed by atoms with Crippen LogP contribution in [0.25, 0.3) is 0 Å². The molecule has 1 aliphatic heterocycles. The third-order valence-corrected chi connectivity index (χ3v) is 6.14. The van der Waals surface area contributed by atoms with Crippen LogP contribution in [0.4, 0.5) is 5.69 Å². The number of halogens is 1. The van der Waals surface area contributed by atoms with Crippen LogP contribution < -0.4 is 10.2 Å². The summed E-state index contributed by atoms with van der Waals surface area (Å²) < 4.78 is 31.2. The molecular weight excluding hydrogens is 366 g/mol. The Labute approximate surface area is 153 Å². The molecule has 0 radical (unpaired) electrons. The van der Waals surface area contributed by atoms with Gasteiger partial charge in [-0.2, -0.15) is 4.31 Å². The Kier molecular flexibility index (Phi) is 7.49. The minimum atomic E-state index is -3.40. The normalized spacial score (nSPS) is 16.0. The number of anilines is 1. The number of benzene rings is 1. The minimum absolute atomic E-state index is 0.0486. The van der Waals surface area contributed by atoms with E-state index >= 15 is 0 Å². The highest BCUT2D eigenvalue weighted by Crippen LogP contribution is 2.26. The standard InChI is InChI=1S/C16H24ClN3O4S/c1-2-24-13-16(21)18-7-12-25(22,23)20-10-8-19(9-11-20)15-6-4-3-5-14(15)17/h3-6H,2,7-13H2,1H3,(H,18,21). The molecule has 1 saturated heterocycles. The zero-order valence-corrected chi connectivity index (χ0v) is 15.9. The maximum atomic E-state index is 12.4. The quantitative estimate of drug-likeness (QED) is 0.716. The van der Waals surface area contributed by atoms with Crippen molar-refractivity contribution in [1.29, 1.82) is 0 Å². The second kappa shape index (κ2) is 9.38. The van der Waals surface area contributed by atoms with Gasteiger partial charge in [0.1, 0.15) is 6.61 Å². The number of hydrogen-bond donors (Lipinski definition) is 1. The van der Waals surface area contributed by atoms with E-state index in [0.717, 1.165) is 5.69 Å². The summed E-state index contributed by atoms with van der Waals surface area (Å²) in [7, 11) is -3.40. The van der Waals surface area contributed by atoms with E-state index in [9.17, 15) is 13.2 Å². The molecule has 0 atom stereocenters. The van der Waals surface area contributed by atoms with Crippen molar-refractivity contribution in [3.8, 4) is 0 Å². The molecule has 2 rings (SSSR count). The number of nitrogens with one attached hydrogen (secondary N) is 1. The Bertz CT molecular complexity index is 676. The average molecular weight is 390 g/mol. The fourth-order valence-electron chi connectivity index (χ4n) is 2.61. The van der Waals surface area contributed by atoms with E-state index in [1.165, 1.54) is 4.31 Å². The molecule has 140 valence electrons. The number of para-hydroxylation sites is 1. The molecule has 7 nitrogen and oxygen atoms in total. The van der Waals surface area contributed by atoms with Gasteiger partial charge < -0.3 is 15.0 Å². The van der Waals surface area contributed by atoms with Gasteiger partial charge in [0.05, 0.1) is 16.5 Å². The van der Waals surface area contributed by atoms with Crippen LogP contribution in [-0.2, 0) is 19.6 Å². The lowest BCUT2D eigenvalue weighted by Gasteiger charge is -2.35. The molecule has 9 heteroatoms.